The average molecular weight is 383 g/mol. The summed E-state index contributed by atoms with van der Waals surface area (Å²) in [5, 5.41) is 5.49. The molecule has 3 rings (SSSR count). The number of carbonyl (C=O) groups excluding carboxylic acids is 3. The van der Waals surface area contributed by atoms with Crippen LogP contribution in [0.2, 0.25) is 0 Å². The molecule has 0 spiro atoms. The number of aromatic nitrogens is 1. The number of esters is 1. The molecule has 2 heterocycles. The molecule has 1 aromatic heterocycles. The Balaban J connectivity index is 1.61. The van der Waals surface area contributed by atoms with E-state index in [4.69, 9.17) is 4.74 Å². The molecule has 2 aromatic rings. The number of hydrogen-bond donors (Lipinski definition) is 2. The summed E-state index contributed by atoms with van der Waals surface area (Å²) in [5.74, 6) is -1.19. The zero-order valence-corrected chi connectivity index (χ0v) is 15.4. The number of nitrogens with one attached hydrogen (secondary N) is 2. The van der Waals surface area contributed by atoms with E-state index in [9.17, 15) is 14.4 Å². The maximum absolute atomic E-state index is 12.4. The van der Waals surface area contributed by atoms with Crippen molar-refractivity contribution in [2.45, 2.75) is 18.9 Å². The molecule has 8 nitrogen and oxygen atoms in total. The average Bonchev–Trinajstić information content (AvgIpc) is 3.25. The van der Waals surface area contributed by atoms with Crippen LogP contribution in [0.4, 0.5) is 5.69 Å². The predicted octanol–water partition coefficient (Wildman–Crippen LogP) is 2.03. The summed E-state index contributed by atoms with van der Waals surface area (Å²) in [4.78, 5) is 40.2. The van der Waals surface area contributed by atoms with Gasteiger partial charge in [-0.3, -0.25) is 14.6 Å². The molecule has 1 aromatic carbocycles. The van der Waals surface area contributed by atoms with Gasteiger partial charge in [0.05, 0.1) is 18.8 Å². The summed E-state index contributed by atoms with van der Waals surface area (Å²) >= 11 is 0. The SMILES string of the molecule is COC(=O)c1ccc(NC(=O)c2ccnc(C(=O)NCC3CCCO3)c2)cc1. The number of amides is 2. The lowest BCUT2D eigenvalue weighted by Gasteiger charge is -2.11. The van der Waals surface area contributed by atoms with E-state index in [1.807, 2.05) is 0 Å². The monoisotopic (exact) mass is 383 g/mol. The molecule has 1 fully saturated rings. The van der Waals surface area contributed by atoms with E-state index in [0.717, 1.165) is 19.4 Å². The number of methoxy groups -OCH3 is 1. The number of hydrogen-bond acceptors (Lipinski definition) is 6. The van der Waals surface area contributed by atoms with Gasteiger partial charge >= 0.3 is 5.97 Å². The second-order valence-corrected chi connectivity index (χ2v) is 6.30. The largest absolute Gasteiger partial charge is 0.465 e. The zero-order valence-electron chi connectivity index (χ0n) is 15.4. The van der Waals surface area contributed by atoms with Crippen molar-refractivity contribution in [1.82, 2.24) is 10.3 Å². The van der Waals surface area contributed by atoms with Gasteiger partial charge in [-0.1, -0.05) is 0 Å². The van der Waals surface area contributed by atoms with Crippen LogP contribution in [0.5, 0.6) is 0 Å². The molecule has 1 aliphatic rings. The summed E-state index contributed by atoms with van der Waals surface area (Å²) in [6.07, 6.45) is 3.36. The summed E-state index contributed by atoms with van der Waals surface area (Å²) in [7, 11) is 1.30. The predicted molar refractivity (Wildman–Crippen MR) is 101 cm³/mol. The standard InChI is InChI=1S/C20H21N3O5/c1-27-20(26)13-4-6-15(7-5-13)23-18(24)14-8-9-21-17(11-14)19(25)22-12-16-3-2-10-28-16/h4-9,11,16H,2-3,10,12H2,1H3,(H,22,25)(H,23,24). The Hall–Kier alpha value is -3.26. The highest BCUT2D eigenvalue weighted by Gasteiger charge is 2.18. The molecule has 1 saturated heterocycles. The molecule has 0 bridgehead atoms. The quantitative estimate of drug-likeness (QED) is 0.739. The van der Waals surface area contributed by atoms with Crippen LogP contribution >= 0.6 is 0 Å². The van der Waals surface area contributed by atoms with E-state index in [-0.39, 0.29) is 23.6 Å². The molecule has 1 aliphatic heterocycles. The fraction of sp³-hybridized carbons (Fsp3) is 0.300. The van der Waals surface area contributed by atoms with Crippen LogP contribution < -0.4 is 10.6 Å². The van der Waals surface area contributed by atoms with Crippen molar-refractivity contribution in [3.63, 3.8) is 0 Å². The van der Waals surface area contributed by atoms with E-state index in [0.29, 0.717) is 23.4 Å². The number of ether oxygens (including phenoxy) is 2. The Morgan fingerprint density at radius 3 is 2.61 bits per heavy atom. The topological polar surface area (TPSA) is 107 Å². The Morgan fingerprint density at radius 2 is 1.93 bits per heavy atom. The van der Waals surface area contributed by atoms with Crippen LogP contribution in [0.1, 0.15) is 44.0 Å². The molecular formula is C20H21N3O5. The summed E-state index contributed by atoms with van der Waals surface area (Å²) in [6.45, 7) is 1.14. The third kappa shape index (κ3) is 4.92. The van der Waals surface area contributed by atoms with Crippen molar-refractivity contribution >= 4 is 23.5 Å². The van der Waals surface area contributed by atoms with E-state index >= 15 is 0 Å². The van der Waals surface area contributed by atoms with Gasteiger partial charge in [-0.2, -0.15) is 0 Å². The van der Waals surface area contributed by atoms with Crippen LogP contribution in [0.3, 0.4) is 0 Å². The van der Waals surface area contributed by atoms with Crippen molar-refractivity contribution in [1.29, 1.82) is 0 Å². The van der Waals surface area contributed by atoms with E-state index in [1.165, 1.54) is 25.4 Å². The minimum atomic E-state index is -0.453. The van der Waals surface area contributed by atoms with Gasteiger partial charge in [0, 0.05) is 30.6 Å². The first-order chi connectivity index (χ1) is 13.6. The molecule has 146 valence electrons. The van der Waals surface area contributed by atoms with Gasteiger partial charge in [0.25, 0.3) is 11.8 Å². The number of nitrogens with zero attached hydrogens (tertiary/aromatic N) is 1. The summed E-state index contributed by atoms with van der Waals surface area (Å²) < 4.78 is 10.1. The van der Waals surface area contributed by atoms with Crippen LogP contribution in [-0.4, -0.2) is 49.1 Å². The van der Waals surface area contributed by atoms with Crippen LogP contribution in [0.25, 0.3) is 0 Å². The van der Waals surface area contributed by atoms with Crippen LogP contribution in [-0.2, 0) is 9.47 Å². The van der Waals surface area contributed by atoms with Gasteiger partial charge in [-0.05, 0) is 49.2 Å². The normalized spacial score (nSPS) is 15.7. The summed E-state index contributed by atoms with van der Waals surface area (Å²) in [5.41, 5.74) is 1.36. The summed E-state index contributed by atoms with van der Waals surface area (Å²) in [6, 6.07) is 9.26. The smallest absolute Gasteiger partial charge is 0.337 e. The lowest BCUT2D eigenvalue weighted by molar-refractivity contribution is 0.0600. The van der Waals surface area contributed by atoms with E-state index in [1.54, 1.807) is 24.3 Å². The highest BCUT2D eigenvalue weighted by Crippen LogP contribution is 2.13. The molecule has 8 heteroatoms. The molecule has 2 N–H and O–H groups in total. The number of rotatable bonds is 6. The number of pyridine rings is 1. The van der Waals surface area contributed by atoms with Crippen molar-refractivity contribution < 1.29 is 23.9 Å². The number of benzene rings is 1. The molecule has 0 aliphatic carbocycles. The number of carbonyl (C=O) groups is 3. The van der Waals surface area contributed by atoms with Gasteiger partial charge in [0.15, 0.2) is 0 Å². The minimum Gasteiger partial charge on any atom is -0.465 e. The third-order valence-corrected chi connectivity index (χ3v) is 4.33. The Labute approximate surface area is 162 Å². The van der Waals surface area contributed by atoms with Crippen molar-refractivity contribution in [3.8, 4) is 0 Å². The Kier molecular flexibility index (Phi) is 6.33. The van der Waals surface area contributed by atoms with Crippen LogP contribution in [0.15, 0.2) is 42.6 Å². The van der Waals surface area contributed by atoms with Gasteiger partial charge in [-0.15, -0.1) is 0 Å². The fourth-order valence-electron chi connectivity index (χ4n) is 2.81. The van der Waals surface area contributed by atoms with Gasteiger partial charge in [0.2, 0.25) is 0 Å². The lowest BCUT2D eigenvalue weighted by atomic mass is 10.1. The molecule has 1 atom stereocenters. The second kappa shape index (κ2) is 9.09. The Bertz CT molecular complexity index is 860. The highest BCUT2D eigenvalue weighted by molar-refractivity contribution is 6.05. The van der Waals surface area contributed by atoms with Crippen LogP contribution in [0, 0.1) is 0 Å². The Morgan fingerprint density at radius 1 is 1.14 bits per heavy atom. The first-order valence-corrected chi connectivity index (χ1v) is 8.92. The molecule has 0 saturated carbocycles. The highest BCUT2D eigenvalue weighted by atomic mass is 16.5. The minimum absolute atomic E-state index is 0.0309. The van der Waals surface area contributed by atoms with Crippen molar-refractivity contribution in [3.05, 3.63) is 59.4 Å². The van der Waals surface area contributed by atoms with Gasteiger partial charge < -0.3 is 20.1 Å². The molecule has 2 amide bonds. The van der Waals surface area contributed by atoms with Gasteiger partial charge in [0.1, 0.15) is 5.69 Å². The second-order valence-electron chi connectivity index (χ2n) is 6.30. The van der Waals surface area contributed by atoms with Crippen molar-refractivity contribution in [2.75, 3.05) is 25.6 Å². The zero-order chi connectivity index (χ0) is 19.9. The maximum Gasteiger partial charge on any atom is 0.337 e. The molecular weight excluding hydrogens is 362 g/mol. The molecule has 0 radical (unpaired) electrons. The first kappa shape index (κ1) is 19.5. The lowest BCUT2D eigenvalue weighted by Crippen LogP contribution is -2.32. The van der Waals surface area contributed by atoms with E-state index in [2.05, 4.69) is 20.4 Å². The third-order valence-electron chi connectivity index (χ3n) is 4.33. The van der Waals surface area contributed by atoms with Gasteiger partial charge in [-0.25, -0.2) is 4.79 Å². The fourth-order valence-corrected chi connectivity index (χ4v) is 2.81. The number of anilines is 1. The molecule has 1 unspecified atom stereocenters. The molecule has 28 heavy (non-hydrogen) atoms. The van der Waals surface area contributed by atoms with E-state index < -0.39 is 5.97 Å². The maximum atomic E-state index is 12.4. The first-order valence-electron chi connectivity index (χ1n) is 8.92. The van der Waals surface area contributed by atoms with Crippen molar-refractivity contribution in [2.24, 2.45) is 0 Å².